The summed E-state index contributed by atoms with van der Waals surface area (Å²) in [6, 6.07) is 3.04. The van der Waals surface area contributed by atoms with Gasteiger partial charge in [0.1, 0.15) is 12.7 Å². The van der Waals surface area contributed by atoms with E-state index in [1.54, 1.807) is 13.0 Å². The van der Waals surface area contributed by atoms with Gasteiger partial charge in [-0.1, -0.05) is 6.92 Å². The highest BCUT2D eigenvalue weighted by molar-refractivity contribution is 5.83. The van der Waals surface area contributed by atoms with Gasteiger partial charge in [-0.25, -0.2) is 4.68 Å². The predicted molar refractivity (Wildman–Crippen MR) is 83.1 cm³/mol. The molecule has 0 unspecified atom stereocenters. The average molecular weight is 319 g/mol. The largest absolute Gasteiger partial charge is 0.490 e. The fraction of sp³-hybridized carbons (Fsp3) is 0.357. The highest BCUT2D eigenvalue weighted by Gasteiger charge is 2.22. The Hall–Kier alpha value is -2.97. The molecule has 122 valence electrons. The summed E-state index contributed by atoms with van der Waals surface area (Å²) in [5.41, 5.74) is 0.354. The zero-order chi connectivity index (χ0) is 16.7. The zero-order valence-electron chi connectivity index (χ0n) is 12.9. The van der Waals surface area contributed by atoms with Crippen LogP contribution in [0.1, 0.15) is 25.8 Å². The highest BCUT2D eigenvalue weighted by Crippen LogP contribution is 2.38. The lowest BCUT2D eigenvalue weighted by molar-refractivity contribution is -0.386. The maximum Gasteiger partial charge on any atom is 0.315 e. The molecule has 1 aromatic carbocycles. The van der Waals surface area contributed by atoms with Crippen LogP contribution >= 0.6 is 0 Å². The minimum atomic E-state index is -0.496. The van der Waals surface area contributed by atoms with E-state index in [0.717, 1.165) is 6.42 Å². The summed E-state index contributed by atoms with van der Waals surface area (Å²) in [4.78, 5) is 10.8. The van der Waals surface area contributed by atoms with Crippen LogP contribution in [0.2, 0.25) is 0 Å². The third kappa shape index (κ3) is 4.25. The number of nitro benzene ring substituents is 1. The topological polar surface area (TPSA) is 105 Å². The zero-order valence-corrected chi connectivity index (χ0v) is 12.9. The number of aromatic nitrogens is 3. The molecule has 1 aromatic heterocycles. The number of nitro groups is 1. The van der Waals surface area contributed by atoms with Crippen molar-refractivity contribution < 1.29 is 14.4 Å². The molecule has 0 saturated heterocycles. The molecule has 0 spiro atoms. The Labute approximate surface area is 132 Å². The fourth-order valence-corrected chi connectivity index (χ4v) is 1.82. The molecule has 0 aliphatic heterocycles. The van der Waals surface area contributed by atoms with Gasteiger partial charge in [-0.2, -0.15) is 5.10 Å². The van der Waals surface area contributed by atoms with E-state index in [1.807, 2.05) is 6.92 Å². The van der Waals surface area contributed by atoms with E-state index in [0.29, 0.717) is 24.5 Å². The first-order chi connectivity index (χ1) is 11.2. The normalized spacial score (nSPS) is 10.9. The SMILES string of the molecule is CCCOc1c(OCC)cc(/C=N\n2cnnc2)cc1[N+](=O)[O-]. The first-order valence-electron chi connectivity index (χ1n) is 7.12. The first-order valence-corrected chi connectivity index (χ1v) is 7.12. The Morgan fingerprint density at radius 2 is 2.04 bits per heavy atom. The monoisotopic (exact) mass is 319 g/mol. The van der Waals surface area contributed by atoms with Crippen LogP contribution in [-0.2, 0) is 0 Å². The van der Waals surface area contributed by atoms with Crippen LogP contribution in [0, 0.1) is 10.1 Å². The quantitative estimate of drug-likeness (QED) is 0.420. The van der Waals surface area contributed by atoms with E-state index in [4.69, 9.17) is 9.47 Å². The molecule has 0 amide bonds. The Bertz CT molecular complexity index is 685. The summed E-state index contributed by atoms with van der Waals surface area (Å²) < 4.78 is 12.4. The van der Waals surface area contributed by atoms with Crippen molar-refractivity contribution in [2.24, 2.45) is 5.10 Å². The van der Waals surface area contributed by atoms with Gasteiger partial charge in [-0.15, -0.1) is 10.2 Å². The summed E-state index contributed by atoms with van der Waals surface area (Å²) in [6.45, 7) is 4.46. The second kappa shape index (κ2) is 7.87. The second-order valence-electron chi connectivity index (χ2n) is 4.49. The van der Waals surface area contributed by atoms with Crippen molar-refractivity contribution in [3.8, 4) is 11.5 Å². The number of ether oxygens (including phenoxy) is 2. The van der Waals surface area contributed by atoms with Crippen LogP contribution in [0.25, 0.3) is 0 Å². The first kappa shape index (κ1) is 16.4. The molecule has 0 atom stereocenters. The third-order valence-corrected chi connectivity index (χ3v) is 2.75. The molecule has 23 heavy (non-hydrogen) atoms. The standard InChI is InChI=1S/C14H17N5O4/c1-3-5-23-14-12(19(20)21)6-11(7-13(14)22-4-2)8-17-18-9-15-16-10-18/h6-10H,3-5H2,1-2H3/b17-8-. The number of nitrogens with zero attached hydrogens (tertiary/aromatic N) is 5. The number of rotatable bonds is 8. The number of hydrogen-bond acceptors (Lipinski definition) is 7. The summed E-state index contributed by atoms with van der Waals surface area (Å²) in [7, 11) is 0. The molecule has 0 radical (unpaired) electrons. The van der Waals surface area contributed by atoms with Gasteiger partial charge in [0.15, 0.2) is 5.75 Å². The predicted octanol–water partition coefficient (Wildman–Crippen LogP) is 2.26. The van der Waals surface area contributed by atoms with Gasteiger partial charge >= 0.3 is 5.69 Å². The lowest BCUT2D eigenvalue weighted by Gasteiger charge is -2.12. The number of hydrogen-bond donors (Lipinski definition) is 0. The van der Waals surface area contributed by atoms with E-state index in [2.05, 4.69) is 15.3 Å². The van der Waals surface area contributed by atoms with Gasteiger partial charge < -0.3 is 9.47 Å². The van der Waals surface area contributed by atoms with Gasteiger partial charge in [0.05, 0.1) is 24.4 Å². The van der Waals surface area contributed by atoms with Crippen LogP contribution in [0.15, 0.2) is 29.9 Å². The third-order valence-electron chi connectivity index (χ3n) is 2.75. The minimum Gasteiger partial charge on any atom is -0.490 e. The molecule has 9 heteroatoms. The van der Waals surface area contributed by atoms with Crippen LogP contribution < -0.4 is 9.47 Å². The van der Waals surface area contributed by atoms with Crippen LogP contribution in [0.3, 0.4) is 0 Å². The molecule has 0 bridgehead atoms. The molecule has 1 heterocycles. The molecule has 0 aliphatic rings. The van der Waals surface area contributed by atoms with Crippen LogP contribution in [-0.4, -0.2) is 39.2 Å². The number of benzene rings is 1. The van der Waals surface area contributed by atoms with Gasteiger partial charge in [-0.05, 0) is 19.4 Å². The van der Waals surface area contributed by atoms with E-state index in [-0.39, 0.29) is 11.4 Å². The van der Waals surface area contributed by atoms with Crippen LogP contribution in [0.4, 0.5) is 5.69 Å². The lowest BCUT2D eigenvalue weighted by Crippen LogP contribution is -2.04. The maximum atomic E-state index is 11.3. The maximum absolute atomic E-state index is 11.3. The Kier molecular flexibility index (Phi) is 5.61. The Morgan fingerprint density at radius 3 is 2.65 bits per heavy atom. The summed E-state index contributed by atoms with van der Waals surface area (Å²) in [5.74, 6) is 0.459. The van der Waals surface area contributed by atoms with Crippen molar-refractivity contribution in [2.45, 2.75) is 20.3 Å². The van der Waals surface area contributed by atoms with Crippen molar-refractivity contribution in [1.82, 2.24) is 14.9 Å². The molecule has 0 aliphatic carbocycles. The summed E-state index contributed by atoms with van der Waals surface area (Å²) in [6.07, 6.45) is 5.02. The lowest BCUT2D eigenvalue weighted by atomic mass is 10.2. The fourth-order valence-electron chi connectivity index (χ4n) is 1.82. The molecule has 2 aromatic rings. The van der Waals surface area contributed by atoms with Crippen molar-refractivity contribution in [2.75, 3.05) is 13.2 Å². The van der Waals surface area contributed by atoms with Crippen molar-refractivity contribution >= 4 is 11.9 Å². The van der Waals surface area contributed by atoms with Gasteiger partial charge in [0.2, 0.25) is 5.75 Å². The van der Waals surface area contributed by atoms with Crippen LogP contribution in [0.5, 0.6) is 11.5 Å². The molecular weight excluding hydrogens is 302 g/mol. The highest BCUT2D eigenvalue weighted by atomic mass is 16.6. The molecular formula is C14H17N5O4. The second-order valence-corrected chi connectivity index (χ2v) is 4.49. The molecule has 0 saturated carbocycles. The summed E-state index contributed by atoms with van der Waals surface area (Å²) >= 11 is 0. The Balaban J connectivity index is 2.41. The molecule has 2 rings (SSSR count). The van der Waals surface area contributed by atoms with Gasteiger partial charge in [0.25, 0.3) is 0 Å². The molecule has 0 fully saturated rings. The summed E-state index contributed by atoms with van der Waals surface area (Å²) in [5, 5.41) is 22.6. The smallest absolute Gasteiger partial charge is 0.315 e. The Morgan fingerprint density at radius 1 is 1.30 bits per heavy atom. The van der Waals surface area contributed by atoms with E-state index >= 15 is 0 Å². The molecule has 9 nitrogen and oxygen atoms in total. The van der Waals surface area contributed by atoms with E-state index < -0.39 is 4.92 Å². The van der Waals surface area contributed by atoms with E-state index in [1.165, 1.54) is 29.6 Å². The van der Waals surface area contributed by atoms with Gasteiger partial charge in [0, 0.05) is 11.6 Å². The average Bonchev–Trinajstić information content (AvgIpc) is 3.05. The van der Waals surface area contributed by atoms with Crippen molar-refractivity contribution in [3.05, 3.63) is 40.5 Å². The van der Waals surface area contributed by atoms with Crippen molar-refractivity contribution in [3.63, 3.8) is 0 Å². The van der Waals surface area contributed by atoms with E-state index in [9.17, 15) is 10.1 Å². The van der Waals surface area contributed by atoms with Gasteiger partial charge in [-0.3, -0.25) is 10.1 Å². The molecule has 0 N–H and O–H groups in total. The minimum absolute atomic E-state index is 0.139. The van der Waals surface area contributed by atoms with Crippen molar-refractivity contribution in [1.29, 1.82) is 0 Å².